The monoisotopic (exact) mass is 379 g/mol. The molecule has 3 aromatic rings. The molecule has 144 valence electrons. The molecule has 2 heterocycles. The summed E-state index contributed by atoms with van der Waals surface area (Å²) in [5.74, 6) is -0.949. The van der Waals surface area contributed by atoms with Crippen LogP contribution in [0.2, 0.25) is 0 Å². The Kier molecular flexibility index (Phi) is 5.54. The summed E-state index contributed by atoms with van der Waals surface area (Å²) in [5.41, 5.74) is 2.97. The van der Waals surface area contributed by atoms with E-state index < -0.39 is 11.5 Å². The first-order chi connectivity index (χ1) is 13.4. The predicted molar refractivity (Wildman–Crippen MR) is 105 cm³/mol. The lowest BCUT2D eigenvalue weighted by atomic mass is 10.1. The number of allylic oxidation sites excluding steroid dienone is 1. The minimum absolute atomic E-state index is 0.287. The number of hydrogen-bond donors (Lipinski definition) is 0. The van der Waals surface area contributed by atoms with E-state index in [0.29, 0.717) is 23.1 Å². The minimum atomic E-state index is -0.660. The van der Waals surface area contributed by atoms with Gasteiger partial charge in [0.25, 0.3) is 5.56 Å². The molecule has 0 aliphatic rings. The highest BCUT2D eigenvalue weighted by atomic mass is 16.5. The predicted octanol–water partition coefficient (Wildman–Crippen LogP) is 2.43. The van der Waals surface area contributed by atoms with Crippen molar-refractivity contribution in [2.75, 3.05) is 6.61 Å². The summed E-state index contributed by atoms with van der Waals surface area (Å²) >= 11 is 0. The molecule has 2 aromatic heterocycles. The quantitative estimate of drug-likeness (QED) is 0.358. The van der Waals surface area contributed by atoms with Gasteiger partial charge in [-0.15, -0.1) is 6.58 Å². The fourth-order valence-electron chi connectivity index (χ4n) is 3.17. The van der Waals surface area contributed by atoms with E-state index in [0.717, 1.165) is 17.6 Å². The largest absolute Gasteiger partial charge is 0.456 e. The third kappa shape index (κ3) is 3.78. The van der Waals surface area contributed by atoms with Crippen molar-refractivity contribution in [2.24, 2.45) is 0 Å². The molecule has 0 aliphatic carbocycles. The summed E-state index contributed by atoms with van der Waals surface area (Å²) < 4.78 is 8.38. The standard InChI is InChI=1S/C21H21N3O4/c1-4-9-23-14(2)10-16(15(23)3)19(25)13-28-21(27)12-24-18-8-6-5-7-17(18)22-11-20(24)26/h4-8,10-11H,1,9,12-13H2,2-3H3. The van der Waals surface area contributed by atoms with Gasteiger partial charge < -0.3 is 9.30 Å². The maximum absolute atomic E-state index is 12.5. The van der Waals surface area contributed by atoms with Gasteiger partial charge in [0, 0.05) is 23.5 Å². The molecule has 0 saturated heterocycles. The summed E-state index contributed by atoms with van der Waals surface area (Å²) in [4.78, 5) is 40.8. The fraction of sp³-hybridized carbons (Fsp3) is 0.238. The van der Waals surface area contributed by atoms with Crippen LogP contribution >= 0.6 is 0 Å². The average Bonchev–Trinajstić information content (AvgIpc) is 2.97. The number of esters is 1. The van der Waals surface area contributed by atoms with Gasteiger partial charge in [-0.05, 0) is 32.0 Å². The summed E-state index contributed by atoms with van der Waals surface area (Å²) in [6.45, 7) is 7.39. The van der Waals surface area contributed by atoms with Gasteiger partial charge in [0.2, 0.25) is 5.78 Å². The van der Waals surface area contributed by atoms with E-state index in [1.165, 1.54) is 4.57 Å². The highest BCUT2D eigenvalue weighted by Crippen LogP contribution is 2.16. The summed E-state index contributed by atoms with van der Waals surface area (Å²) in [5, 5.41) is 0. The first-order valence-electron chi connectivity index (χ1n) is 8.83. The summed E-state index contributed by atoms with van der Waals surface area (Å²) in [6, 6.07) is 8.78. The second kappa shape index (κ2) is 8.04. The number of benzene rings is 1. The lowest BCUT2D eigenvalue weighted by Crippen LogP contribution is -2.27. The number of nitrogens with zero attached hydrogens (tertiary/aromatic N) is 3. The van der Waals surface area contributed by atoms with E-state index in [4.69, 9.17) is 4.74 Å². The number of aryl methyl sites for hydroxylation is 1. The molecule has 0 unspecified atom stereocenters. The Morgan fingerprint density at radius 2 is 1.96 bits per heavy atom. The molecule has 0 N–H and O–H groups in total. The molecule has 0 saturated carbocycles. The van der Waals surface area contributed by atoms with Crippen molar-refractivity contribution in [2.45, 2.75) is 26.9 Å². The number of Topliss-reactive ketones (excluding diaryl/α,β-unsaturated/α-hetero) is 1. The first kappa shape index (κ1) is 19.3. The van der Waals surface area contributed by atoms with E-state index in [2.05, 4.69) is 11.6 Å². The third-order valence-electron chi connectivity index (χ3n) is 4.59. The number of aromatic nitrogens is 3. The molecule has 0 atom stereocenters. The highest BCUT2D eigenvalue weighted by Gasteiger charge is 2.17. The van der Waals surface area contributed by atoms with Gasteiger partial charge in [-0.25, -0.2) is 4.98 Å². The number of fused-ring (bicyclic) bond motifs is 1. The van der Waals surface area contributed by atoms with Gasteiger partial charge in [0.05, 0.1) is 17.2 Å². The van der Waals surface area contributed by atoms with Crippen LogP contribution < -0.4 is 5.56 Å². The number of para-hydroxylation sites is 2. The summed E-state index contributed by atoms with van der Waals surface area (Å²) in [6.07, 6.45) is 2.92. The number of hydrogen-bond acceptors (Lipinski definition) is 5. The van der Waals surface area contributed by atoms with Crippen molar-refractivity contribution in [1.82, 2.24) is 14.1 Å². The van der Waals surface area contributed by atoms with E-state index in [9.17, 15) is 14.4 Å². The Labute approximate surface area is 161 Å². The highest BCUT2D eigenvalue weighted by molar-refractivity contribution is 5.99. The summed E-state index contributed by atoms with van der Waals surface area (Å²) in [7, 11) is 0. The van der Waals surface area contributed by atoms with Crippen LogP contribution in [-0.4, -0.2) is 32.5 Å². The minimum Gasteiger partial charge on any atom is -0.456 e. The molecule has 0 aliphatic heterocycles. The number of carbonyl (C=O) groups is 2. The Balaban J connectivity index is 1.71. The number of ether oxygens (including phenoxy) is 1. The topological polar surface area (TPSA) is 83.2 Å². The molecule has 0 radical (unpaired) electrons. The molecule has 28 heavy (non-hydrogen) atoms. The van der Waals surface area contributed by atoms with Crippen molar-refractivity contribution >= 4 is 22.8 Å². The van der Waals surface area contributed by atoms with Gasteiger partial charge >= 0.3 is 5.97 Å². The second-order valence-corrected chi connectivity index (χ2v) is 6.44. The van der Waals surface area contributed by atoms with Crippen LogP contribution in [0.3, 0.4) is 0 Å². The average molecular weight is 379 g/mol. The molecule has 1 aromatic carbocycles. The third-order valence-corrected chi connectivity index (χ3v) is 4.59. The zero-order valence-corrected chi connectivity index (χ0v) is 15.8. The lowest BCUT2D eigenvalue weighted by Gasteiger charge is -2.09. The number of ketones is 1. The molecule has 0 fully saturated rings. The SMILES string of the molecule is C=CCn1c(C)cc(C(=O)COC(=O)Cn2c(=O)cnc3ccccc32)c1C. The molecule has 0 bridgehead atoms. The van der Waals surface area contributed by atoms with Crippen molar-refractivity contribution in [3.05, 3.63) is 76.5 Å². The van der Waals surface area contributed by atoms with Crippen LogP contribution in [0.4, 0.5) is 0 Å². The maximum Gasteiger partial charge on any atom is 0.326 e. The van der Waals surface area contributed by atoms with Crippen LogP contribution in [-0.2, 0) is 22.6 Å². The van der Waals surface area contributed by atoms with E-state index >= 15 is 0 Å². The molecule has 7 nitrogen and oxygen atoms in total. The number of carbonyl (C=O) groups excluding carboxylic acids is 2. The fourth-order valence-corrected chi connectivity index (χ4v) is 3.17. The zero-order chi connectivity index (χ0) is 20.3. The Morgan fingerprint density at radius 3 is 2.71 bits per heavy atom. The van der Waals surface area contributed by atoms with Crippen molar-refractivity contribution in [3.8, 4) is 0 Å². The van der Waals surface area contributed by atoms with Gasteiger partial charge in [0.1, 0.15) is 6.54 Å². The number of rotatable bonds is 7. The molecular formula is C21H21N3O4. The Hall–Kier alpha value is -3.48. The van der Waals surface area contributed by atoms with Crippen molar-refractivity contribution < 1.29 is 14.3 Å². The smallest absolute Gasteiger partial charge is 0.326 e. The van der Waals surface area contributed by atoms with Crippen LogP contribution in [0.1, 0.15) is 21.7 Å². The van der Waals surface area contributed by atoms with Gasteiger partial charge in [-0.3, -0.25) is 19.0 Å². The van der Waals surface area contributed by atoms with Gasteiger partial charge in [-0.1, -0.05) is 18.2 Å². The molecule has 0 spiro atoms. The molecular weight excluding hydrogens is 358 g/mol. The first-order valence-corrected chi connectivity index (χ1v) is 8.83. The van der Waals surface area contributed by atoms with Crippen LogP contribution in [0.15, 0.2) is 54.0 Å². The molecule has 7 heteroatoms. The van der Waals surface area contributed by atoms with E-state index in [1.807, 2.05) is 18.4 Å². The second-order valence-electron chi connectivity index (χ2n) is 6.44. The van der Waals surface area contributed by atoms with Gasteiger partial charge in [0.15, 0.2) is 6.61 Å². The lowest BCUT2D eigenvalue weighted by molar-refractivity contribution is -0.143. The van der Waals surface area contributed by atoms with Crippen molar-refractivity contribution in [1.29, 1.82) is 0 Å². The van der Waals surface area contributed by atoms with Crippen LogP contribution in [0, 0.1) is 13.8 Å². The maximum atomic E-state index is 12.5. The van der Waals surface area contributed by atoms with Crippen LogP contribution in [0.5, 0.6) is 0 Å². The van der Waals surface area contributed by atoms with Gasteiger partial charge in [-0.2, -0.15) is 0 Å². The van der Waals surface area contributed by atoms with E-state index in [1.54, 1.807) is 36.4 Å². The zero-order valence-electron chi connectivity index (χ0n) is 15.8. The van der Waals surface area contributed by atoms with Crippen LogP contribution in [0.25, 0.3) is 11.0 Å². The van der Waals surface area contributed by atoms with E-state index in [-0.39, 0.29) is 18.9 Å². The molecule has 0 amide bonds. The Morgan fingerprint density at radius 1 is 1.21 bits per heavy atom. The Bertz CT molecular complexity index is 1120. The van der Waals surface area contributed by atoms with Crippen molar-refractivity contribution in [3.63, 3.8) is 0 Å². The molecule has 3 rings (SSSR count). The normalized spacial score (nSPS) is 10.8.